The summed E-state index contributed by atoms with van der Waals surface area (Å²) in [6.45, 7) is 5.70. The molecule has 0 amide bonds. The number of hydrogen-bond acceptors (Lipinski definition) is 5. The molecule has 0 aromatic carbocycles. The van der Waals surface area contributed by atoms with Crippen LogP contribution in [0.25, 0.3) is 10.7 Å². The van der Waals surface area contributed by atoms with Gasteiger partial charge in [0.25, 0.3) is 0 Å². The van der Waals surface area contributed by atoms with Crippen LogP contribution in [-0.4, -0.2) is 27.7 Å². The van der Waals surface area contributed by atoms with Crippen LogP contribution in [0.4, 0.5) is 0 Å². The molecule has 0 saturated heterocycles. The summed E-state index contributed by atoms with van der Waals surface area (Å²) in [6.07, 6.45) is 4.29. The van der Waals surface area contributed by atoms with Crippen molar-refractivity contribution in [2.24, 2.45) is 5.92 Å². The van der Waals surface area contributed by atoms with E-state index in [0.717, 1.165) is 30.2 Å². The lowest BCUT2D eigenvalue weighted by atomic mass is 10.1. The first-order chi connectivity index (χ1) is 9.65. The van der Waals surface area contributed by atoms with Gasteiger partial charge < -0.3 is 10.4 Å². The Bertz CT molecular complexity index is 513. The van der Waals surface area contributed by atoms with Gasteiger partial charge in [-0.2, -0.15) is 0 Å². The molecular weight excluding hydrogens is 270 g/mol. The number of aliphatic hydroxyl groups excluding tert-OH is 1. The normalized spacial score (nSPS) is 14.2. The second kappa shape index (κ2) is 7.47. The average molecular weight is 291 g/mol. The van der Waals surface area contributed by atoms with Crippen molar-refractivity contribution < 1.29 is 5.11 Å². The van der Waals surface area contributed by atoms with Crippen LogP contribution in [0.3, 0.4) is 0 Å². The highest BCUT2D eigenvalue weighted by Gasteiger charge is 2.08. The molecule has 0 aliphatic rings. The van der Waals surface area contributed by atoms with Crippen molar-refractivity contribution in [1.29, 1.82) is 0 Å². The Morgan fingerprint density at radius 3 is 2.85 bits per heavy atom. The topological polar surface area (TPSA) is 58.0 Å². The summed E-state index contributed by atoms with van der Waals surface area (Å²) in [4.78, 5) is 9.92. The van der Waals surface area contributed by atoms with Gasteiger partial charge in [0.2, 0.25) is 0 Å². The SMILES string of the molecule is CC(O)CC(C)CNCc1cnc(-c2ccccn2)s1. The molecule has 4 nitrogen and oxygen atoms in total. The first kappa shape index (κ1) is 15.1. The summed E-state index contributed by atoms with van der Waals surface area (Å²) in [5.41, 5.74) is 0.922. The van der Waals surface area contributed by atoms with E-state index >= 15 is 0 Å². The molecule has 2 rings (SSSR count). The highest BCUT2D eigenvalue weighted by atomic mass is 32.1. The minimum Gasteiger partial charge on any atom is -0.393 e. The van der Waals surface area contributed by atoms with Crippen molar-refractivity contribution in [2.45, 2.75) is 32.9 Å². The predicted molar refractivity (Wildman–Crippen MR) is 82.5 cm³/mol. The fourth-order valence-corrected chi connectivity index (χ4v) is 2.96. The number of hydrogen-bond donors (Lipinski definition) is 2. The Labute approximate surface area is 123 Å². The Hall–Kier alpha value is -1.30. The maximum Gasteiger partial charge on any atom is 0.142 e. The van der Waals surface area contributed by atoms with Gasteiger partial charge in [0.15, 0.2) is 0 Å². The standard InChI is InChI=1S/C15H21N3OS/c1-11(7-12(2)19)8-16-9-13-10-18-15(20-13)14-5-3-4-6-17-14/h3-6,10-12,16,19H,7-9H2,1-2H3. The molecule has 108 valence electrons. The third-order valence-electron chi connectivity index (χ3n) is 2.97. The summed E-state index contributed by atoms with van der Waals surface area (Å²) < 4.78 is 0. The largest absolute Gasteiger partial charge is 0.393 e. The highest BCUT2D eigenvalue weighted by molar-refractivity contribution is 7.14. The predicted octanol–water partition coefficient (Wildman–Crippen LogP) is 2.70. The van der Waals surface area contributed by atoms with Crippen molar-refractivity contribution in [2.75, 3.05) is 6.54 Å². The lowest BCUT2D eigenvalue weighted by Crippen LogP contribution is -2.22. The molecule has 0 bridgehead atoms. The molecule has 0 saturated carbocycles. The van der Waals surface area contributed by atoms with Gasteiger partial charge in [0, 0.05) is 23.8 Å². The molecule has 0 spiro atoms. The van der Waals surface area contributed by atoms with E-state index in [4.69, 9.17) is 0 Å². The van der Waals surface area contributed by atoms with E-state index in [2.05, 4.69) is 22.2 Å². The van der Waals surface area contributed by atoms with Crippen LogP contribution in [0.15, 0.2) is 30.6 Å². The van der Waals surface area contributed by atoms with E-state index in [9.17, 15) is 5.11 Å². The number of aromatic nitrogens is 2. The quantitative estimate of drug-likeness (QED) is 0.823. The fourth-order valence-electron chi connectivity index (χ4n) is 2.10. The van der Waals surface area contributed by atoms with Crippen LogP contribution in [0, 0.1) is 5.92 Å². The van der Waals surface area contributed by atoms with Crippen molar-refractivity contribution in [3.8, 4) is 10.7 Å². The van der Waals surface area contributed by atoms with Gasteiger partial charge in [0.05, 0.1) is 11.8 Å². The number of aliphatic hydroxyl groups is 1. The molecule has 0 aliphatic heterocycles. The molecule has 2 atom stereocenters. The lowest BCUT2D eigenvalue weighted by molar-refractivity contribution is 0.163. The van der Waals surface area contributed by atoms with Crippen LogP contribution >= 0.6 is 11.3 Å². The molecule has 0 radical (unpaired) electrons. The van der Waals surface area contributed by atoms with Crippen LogP contribution in [0.5, 0.6) is 0 Å². The molecule has 2 aromatic heterocycles. The monoisotopic (exact) mass is 291 g/mol. The van der Waals surface area contributed by atoms with Crippen LogP contribution < -0.4 is 5.32 Å². The Kier molecular flexibility index (Phi) is 5.64. The van der Waals surface area contributed by atoms with Crippen molar-refractivity contribution in [3.05, 3.63) is 35.5 Å². The lowest BCUT2D eigenvalue weighted by Gasteiger charge is -2.13. The van der Waals surface area contributed by atoms with Gasteiger partial charge in [-0.1, -0.05) is 13.0 Å². The van der Waals surface area contributed by atoms with Gasteiger partial charge in [-0.05, 0) is 37.9 Å². The number of nitrogens with zero attached hydrogens (tertiary/aromatic N) is 2. The number of thiazole rings is 1. The first-order valence-electron chi connectivity index (χ1n) is 6.90. The van der Waals surface area contributed by atoms with Gasteiger partial charge >= 0.3 is 0 Å². The van der Waals surface area contributed by atoms with Crippen LogP contribution in [0.2, 0.25) is 0 Å². The molecule has 5 heteroatoms. The summed E-state index contributed by atoms with van der Waals surface area (Å²) in [7, 11) is 0. The van der Waals surface area contributed by atoms with Crippen LogP contribution in [0.1, 0.15) is 25.1 Å². The zero-order chi connectivity index (χ0) is 14.4. The maximum atomic E-state index is 9.33. The third kappa shape index (κ3) is 4.67. The second-order valence-corrected chi connectivity index (χ2v) is 6.28. The van der Waals surface area contributed by atoms with E-state index in [-0.39, 0.29) is 6.10 Å². The van der Waals surface area contributed by atoms with Crippen molar-refractivity contribution in [1.82, 2.24) is 15.3 Å². The highest BCUT2D eigenvalue weighted by Crippen LogP contribution is 2.22. The summed E-state index contributed by atoms with van der Waals surface area (Å²) in [5, 5.41) is 13.7. The minimum absolute atomic E-state index is 0.231. The van der Waals surface area contributed by atoms with E-state index in [0.29, 0.717) is 5.92 Å². The Morgan fingerprint density at radius 1 is 1.30 bits per heavy atom. The van der Waals surface area contributed by atoms with Gasteiger partial charge in [-0.15, -0.1) is 11.3 Å². The molecule has 2 aromatic rings. The molecule has 0 fully saturated rings. The number of rotatable bonds is 7. The molecule has 2 heterocycles. The third-order valence-corrected chi connectivity index (χ3v) is 3.99. The maximum absolute atomic E-state index is 9.33. The Balaban J connectivity index is 1.82. The van der Waals surface area contributed by atoms with Crippen LogP contribution in [-0.2, 0) is 6.54 Å². The Morgan fingerprint density at radius 2 is 2.15 bits per heavy atom. The number of nitrogens with one attached hydrogen (secondary N) is 1. The molecule has 0 aliphatic carbocycles. The second-order valence-electron chi connectivity index (χ2n) is 5.17. The summed E-state index contributed by atoms with van der Waals surface area (Å²) in [5.74, 6) is 0.471. The first-order valence-corrected chi connectivity index (χ1v) is 7.71. The minimum atomic E-state index is -0.231. The summed E-state index contributed by atoms with van der Waals surface area (Å²) >= 11 is 1.67. The number of pyridine rings is 1. The zero-order valence-electron chi connectivity index (χ0n) is 11.9. The van der Waals surface area contributed by atoms with Gasteiger partial charge in [0.1, 0.15) is 5.01 Å². The van der Waals surface area contributed by atoms with Gasteiger partial charge in [-0.3, -0.25) is 4.98 Å². The molecule has 2 unspecified atom stereocenters. The van der Waals surface area contributed by atoms with Crippen molar-refractivity contribution >= 4 is 11.3 Å². The van der Waals surface area contributed by atoms with Gasteiger partial charge in [-0.25, -0.2) is 4.98 Å². The summed E-state index contributed by atoms with van der Waals surface area (Å²) in [6, 6.07) is 5.85. The van der Waals surface area contributed by atoms with E-state index in [1.165, 1.54) is 4.88 Å². The fraction of sp³-hybridized carbons (Fsp3) is 0.467. The molecule has 2 N–H and O–H groups in total. The molecule has 20 heavy (non-hydrogen) atoms. The zero-order valence-corrected chi connectivity index (χ0v) is 12.7. The molecular formula is C15H21N3OS. The van der Waals surface area contributed by atoms with E-state index in [1.807, 2.05) is 31.3 Å². The average Bonchev–Trinajstić information content (AvgIpc) is 2.88. The van der Waals surface area contributed by atoms with E-state index in [1.54, 1.807) is 17.5 Å². The smallest absolute Gasteiger partial charge is 0.142 e. The van der Waals surface area contributed by atoms with E-state index < -0.39 is 0 Å². The van der Waals surface area contributed by atoms with Crippen molar-refractivity contribution in [3.63, 3.8) is 0 Å².